The largest absolute Gasteiger partial charge is 0.384 e. The van der Waals surface area contributed by atoms with Gasteiger partial charge in [0.1, 0.15) is 5.82 Å². The lowest BCUT2D eigenvalue weighted by atomic mass is 10.2. The fraction of sp³-hybridized carbons (Fsp3) is 0.308. The van der Waals surface area contributed by atoms with Gasteiger partial charge in [0.05, 0.1) is 5.69 Å². The van der Waals surface area contributed by atoms with E-state index in [0.717, 1.165) is 33.6 Å². The standard InChI is InChI=1S/C13H16N4S/c1-8-9(2)15-13(16-10(8)3)18-7-11-5-4-6-12(14)17-11/h4-6H,7H2,1-3H3,(H2,14,17). The number of rotatable bonds is 3. The highest BCUT2D eigenvalue weighted by atomic mass is 32.2. The Balaban J connectivity index is 2.11. The summed E-state index contributed by atoms with van der Waals surface area (Å²) in [7, 11) is 0. The Labute approximate surface area is 111 Å². The van der Waals surface area contributed by atoms with Crippen LogP contribution in [0.3, 0.4) is 0 Å². The van der Waals surface area contributed by atoms with E-state index in [9.17, 15) is 0 Å². The molecular weight excluding hydrogens is 244 g/mol. The van der Waals surface area contributed by atoms with Crippen LogP contribution in [-0.2, 0) is 5.75 Å². The van der Waals surface area contributed by atoms with Gasteiger partial charge in [-0.3, -0.25) is 0 Å². The average Bonchev–Trinajstić information content (AvgIpc) is 2.33. The molecule has 2 aromatic rings. The van der Waals surface area contributed by atoms with Crippen LogP contribution in [0.25, 0.3) is 0 Å². The molecule has 2 N–H and O–H groups in total. The van der Waals surface area contributed by atoms with E-state index in [4.69, 9.17) is 5.73 Å². The molecule has 0 amide bonds. The Hall–Kier alpha value is -1.62. The van der Waals surface area contributed by atoms with Crippen molar-refractivity contribution in [2.45, 2.75) is 31.7 Å². The molecule has 0 radical (unpaired) electrons. The molecule has 0 spiro atoms. The summed E-state index contributed by atoms with van der Waals surface area (Å²) in [5, 5.41) is 0.792. The Morgan fingerprint density at radius 2 is 1.72 bits per heavy atom. The third-order valence-electron chi connectivity index (χ3n) is 2.79. The fourth-order valence-electron chi connectivity index (χ4n) is 1.52. The Bertz CT molecular complexity index is 546. The minimum atomic E-state index is 0.547. The van der Waals surface area contributed by atoms with Gasteiger partial charge in [-0.2, -0.15) is 0 Å². The van der Waals surface area contributed by atoms with Gasteiger partial charge in [0.25, 0.3) is 0 Å². The number of nitrogen functional groups attached to an aromatic ring is 1. The van der Waals surface area contributed by atoms with E-state index in [0.29, 0.717) is 5.82 Å². The van der Waals surface area contributed by atoms with Crippen LogP contribution < -0.4 is 5.73 Å². The molecule has 0 aliphatic rings. The van der Waals surface area contributed by atoms with Crippen molar-refractivity contribution in [2.24, 2.45) is 0 Å². The molecule has 0 aromatic carbocycles. The van der Waals surface area contributed by atoms with E-state index in [1.807, 2.05) is 32.9 Å². The minimum Gasteiger partial charge on any atom is -0.384 e. The summed E-state index contributed by atoms with van der Waals surface area (Å²) in [5.41, 5.74) is 9.81. The molecule has 0 aliphatic carbocycles. The zero-order chi connectivity index (χ0) is 13.1. The highest BCUT2D eigenvalue weighted by Gasteiger charge is 2.06. The maximum atomic E-state index is 5.64. The molecule has 0 fully saturated rings. The first-order valence-electron chi connectivity index (χ1n) is 5.72. The van der Waals surface area contributed by atoms with E-state index in [1.54, 1.807) is 17.8 Å². The Morgan fingerprint density at radius 1 is 1.06 bits per heavy atom. The van der Waals surface area contributed by atoms with Crippen LogP contribution in [0.4, 0.5) is 5.82 Å². The van der Waals surface area contributed by atoms with Gasteiger partial charge in [0, 0.05) is 17.1 Å². The van der Waals surface area contributed by atoms with Gasteiger partial charge in [-0.15, -0.1) is 0 Å². The molecule has 18 heavy (non-hydrogen) atoms. The number of aromatic nitrogens is 3. The van der Waals surface area contributed by atoms with Crippen LogP contribution in [0.2, 0.25) is 0 Å². The van der Waals surface area contributed by atoms with Crippen LogP contribution >= 0.6 is 11.8 Å². The summed E-state index contributed by atoms with van der Waals surface area (Å²) in [5.74, 6) is 1.28. The minimum absolute atomic E-state index is 0.547. The summed E-state index contributed by atoms with van der Waals surface area (Å²) in [6.07, 6.45) is 0. The fourth-order valence-corrected chi connectivity index (χ4v) is 2.36. The first-order valence-corrected chi connectivity index (χ1v) is 6.71. The molecule has 0 atom stereocenters. The van der Waals surface area contributed by atoms with Crippen LogP contribution in [-0.4, -0.2) is 15.0 Å². The maximum absolute atomic E-state index is 5.64. The number of anilines is 1. The highest BCUT2D eigenvalue weighted by molar-refractivity contribution is 7.98. The normalized spacial score (nSPS) is 10.6. The summed E-state index contributed by atoms with van der Waals surface area (Å²) >= 11 is 1.58. The van der Waals surface area contributed by atoms with Crippen molar-refractivity contribution in [3.05, 3.63) is 40.8 Å². The first kappa shape index (κ1) is 12.8. The molecule has 0 saturated heterocycles. The second kappa shape index (κ2) is 5.35. The number of aryl methyl sites for hydroxylation is 2. The number of nitrogens with two attached hydrogens (primary N) is 1. The van der Waals surface area contributed by atoms with Crippen molar-refractivity contribution in [1.29, 1.82) is 0 Å². The number of hydrogen-bond donors (Lipinski definition) is 1. The van der Waals surface area contributed by atoms with Gasteiger partial charge < -0.3 is 5.73 Å². The average molecular weight is 260 g/mol. The molecule has 0 aliphatic heterocycles. The monoisotopic (exact) mass is 260 g/mol. The van der Waals surface area contributed by atoms with Crippen LogP contribution in [0, 0.1) is 20.8 Å². The van der Waals surface area contributed by atoms with Crippen LogP contribution in [0.15, 0.2) is 23.4 Å². The van der Waals surface area contributed by atoms with E-state index in [-0.39, 0.29) is 0 Å². The molecule has 2 aromatic heterocycles. The van der Waals surface area contributed by atoms with Gasteiger partial charge in [0.2, 0.25) is 0 Å². The molecule has 0 unspecified atom stereocenters. The van der Waals surface area contributed by atoms with Crippen molar-refractivity contribution >= 4 is 17.6 Å². The zero-order valence-electron chi connectivity index (χ0n) is 10.8. The third-order valence-corrected chi connectivity index (χ3v) is 3.67. The summed E-state index contributed by atoms with van der Waals surface area (Å²) in [6, 6.07) is 5.65. The molecular formula is C13H16N4S. The molecule has 4 nitrogen and oxygen atoms in total. The zero-order valence-corrected chi connectivity index (χ0v) is 11.6. The van der Waals surface area contributed by atoms with Crippen LogP contribution in [0.1, 0.15) is 22.6 Å². The number of thioether (sulfide) groups is 1. The Morgan fingerprint density at radius 3 is 2.33 bits per heavy atom. The van der Waals surface area contributed by atoms with Gasteiger partial charge in [0.15, 0.2) is 5.16 Å². The summed E-state index contributed by atoms with van der Waals surface area (Å²) in [6.45, 7) is 6.05. The lowest BCUT2D eigenvalue weighted by molar-refractivity contribution is 0.880. The van der Waals surface area contributed by atoms with E-state index in [2.05, 4.69) is 15.0 Å². The lowest BCUT2D eigenvalue weighted by Crippen LogP contribution is -1.99. The smallest absolute Gasteiger partial charge is 0.188 e. The third kappa shape index (κ3) is 2.98. The van der Waals surface area contributed by atoms with Gasteiger partial charge in [-0.25, -0.2) is 15.0 Å². The SMILES string of the molecule is Cc1nc(SCc2cccc(N)n2)nc(C)c1C. The highest BCUT2D eigenvalue weighted by Crippen LogP contribution is 2.20. The second-order valence-corrected chi connectivity index (χ2v) is 5.09. The predicted molar refractivity (Wildman–Crippen MR) is 74.5 cm³/mol. The molecule has 2 heterocycles. The first-order chi connectivity index (χ1) is 8.56. The Kier molecular flexibility index (Phi) is 3.81. The van der Waals surface area contributed by atoms with Crippen LogP contribution in [0.5, 0.6) is 0 Å². The van der Waals surface area contributed by atoms with Crippen molar-refractivity contribution in [3.8, 4) is 0 Å². The molecule has 2 rings (SSSR count). The van der Waals surface area contributed by atoms with Crippen molar-refractivity contribution in [3.63, 3.8) is 0 Å². The maximum Gasteiger partial charge on any atom is 0.188 e. The lowest BCUT2D eigenvalue weighted by Gasteiger charge is -2.06. The van der Waals surface area contributed by atoms with Gasteiger partial charge in [-0.1, -0.05) is 17.8 Å². The predicted octanol–water partition coefficient (Wildman–Crippen LogP) is 2.67. The quantitative estimate of drug-likeness (QED) is 0.679. The summed E-state index contributed by atoms with van der Waals surface area (Å²) in [4.78, 5) is 13.2. The second-order valence-electron chi connectivity index (χ2n) is 4.14. The van der Waals surface area contributed by atoms with Gasteiger partial charge in [-0.05, 0) is 38.5 Å². The molecule has 94 valence electrons. The van der Waals surface area contributed by atoms with Crippen molar-refractivity contribution in [1.82, 2.24) is 15.0 Å². The topological polar surface area (TPSA) is 64.7 Å². The number of pyridine rings is 1. The van der Waals surface area contributed by atoms with E-state index < -0.39 is 0 Å². The van der Waals surface area contributed by atoms with Crippen molar-refractivity contribution < 1.29 is 0 Å². The van der Waals surface area contributed by atoms with E-state index in [1.165, 1.54) is 0 Å². The number of nitrogens with zero attached hydrogens (tertiary/aromatic N) is 3. The van der Waals surface area contributed by atoms with Crippen molar-refractivity contribution in [2.75, 3.05) is 5.73 Å². The van der Waals surface area contributed by atoms with E-state index >= 15 is 0 Å². The molecule has 0 saturated carbocycles. The molecule has 0 bridgehead atoms. The van der Waals surface area contributed by atoms with Gasteiger partial charge >= 0.3 is 0 Å². The number of hydrogen-bond acceptors (Lipinski definition) is 5. The molecule has 5 heteroatoms. The summed E-state index contributed by atoms with van der Waals surface area (Å²) < 4.78 is 0.